The number of hydrogen-bond donors (Lipinski definition) is 9. The van der Waals surface area contributed by atoms with E-state index >= 15 is 0 Å². The molecule has 0 unspecified atom stereocenters. The number of amides is 6. The second kappa shape index (κ2) is 24.1. The predicted octanol–water partition coefficient (Wildman–Crippen LogP) is 1.77. The van der Waals surface area contributed by atoms with Crippen molar-refractivity contribution in [3.63, 3.8) is 0 Å². The van der Waals surface area contributed by atoms with E-state index in [-0.39, 0.29) is 48.3 Å². The Hall–Kier alpha value is -6.23. The quantitative estimate of drug-likeness (QED) is 0.0443. The molecular weight excluding hydrogens is 925 g/mol. The van der Waals surface area contributed by atoms with Crippen molar-refractivity contribution in [2.24, 2.45) is 11.7 Å². The Kier molecular flexibility index (Phi) is 18.8. The summed E-state index contributed by atoms with van der Waals surface area (Å²) in [6.07, 6.45) is -5.74. The molecule has 5 rings (SSSR count). The van der Waals surface area contributed by atoms with Gasteiger partial charge in [0, 0.05) is 30.2 Å². The van der Waals surface area contributed by atoms with Crippen molar-refractivity contribution < 1.29 is 67.5 Å². The summed E-state index contributed by atoms with van der Waals surface area (Å²) in [6, 6.07) is 12.3. The van der Waals surface area contributed by atoms with Crippen molar-refractivity contribution in [1.82, 2.24) is 21.3 Å². The number of carbonyl (C=O) groups excluding carboxylic acids is 7. The summed E-state index contributed by atoms with van der Waals surface area (Å²) in [5, 5.41) is 47.8. The molecule has 0 aliphatic carbocycles. The molecule has 2 aliphatic heterocycles. The molecule has 2 heterocycles. The van der Waals surface area contributed by atoms with Gasteiger partial charge in [-0.15, -0.1) is 0 Å². The van der Waals surface area contributed by atoms with Crippen LogP contribution in [0.3, 0.4) is 0 Å². The molecule has 20 nitrogen and oxygen atoms in total. The van der Waals surface area contributed by atoms with Crippen LogP contribution < -0.4 is 37.1 Å². The van der Waals surface area contributed by atoms with Crippen LogP contribution in [0.5, 0.6) is 5.75 Å². The van der Waals surface area contributed by atoms with Crippen molar-refractivity contribution >= 4 is 55.4 Å². The highest BCUT2D eigenvalue weighted by Gasteiger charge is 2.56. The molecule has 0 fully saturated rings. The average Bonchev–Trinajstić information content (AvgIpc) is 3.62. The zero-order valence-electron chi connectivity index (χ0n) is 40.5. The van der Waals surface area contributed by atoms with Crippen molar-refractivity contribution in [3.05, 3.63) is 83.4 Å². The van der Waals surface area contributed by atoms with Gasteiger partial charge < -0.3 is 66.3 Å². The van der Waals surface area contributed by atoms with E-state index < -0.39 is 104 Å². The first-order chi connectivity index (χ1) is 33.3. The summed E-state index contributed by atoms with van der Waals surface area (Å²) in [5.74, 6) is -7.79. The molecule has 3 aromatic carbocycles. The van der Waals surface area contributed by atoms with Gasteiger partial charge in [-0.1, -0.05) is 95.6 Å². The van der Waals surface area contributed by atoms with E-state index in [1.165, 1.54) is 26.2 Å². The van der Waals surface area contributed by atoms with Gasteiger partial charge in [0.25, 0.3) is 5.91 Å². The molecule has 70 heavy (non-hydrogen) atoms. The zero-order valence-corrected chi connectivity index (χ0v) is 41.5. The molecule has 0 spiro atoms. The summed E-state index contributed by atoms with van der Waals surface area (Å²) in [6.45, 7) is 10.5. The maximum atomic E-state index is 14.7. The Labute approximate surface area is 407 Å². The number of anilines is 1. The monoisotopic (exact) mass is 990 g/mol. The molecule has 3 aromatic rings. The number of para-hydroxylation sites is 1. The van der Waals surface area contributed by atoms with Gasteiger partial charge in [-0.25, -0.2) is 4.79 Å². The molecule has 6 amide bonds. The Morgan fingerprint density at radius 3 is 2.21 bits per heavy atom. The van der Waals surface area contributed by atoms with E-state index in [4.69, 9.17) is 24.4 Å². The lowest BCUT2D eigenvalue weighted by Crippen LogP contribution is -2.66. The molecule has 2 aliphatic rings. The number of carbonyl (C=O) groups is 7. The number of benzene rings is 3. The van der Waals surface area contributed by atoms with Crippen molar-refractivity contribution in [2.45, 2.75) is 134 Å². The van der Waals surface area contributed by atoms with Crippen LogP contribution in [0.1, 0.15) is 71.1 Å². The van der Waals surface area contributed by atoms with Gasteiger partial charge in [-0.05, 0) is 54.2 Å². The van der Waals surface area contributed by atoms with E-state index in [2.05, 4.69) is 26.6 Å². The standard InChI is InChI=1S/C49H66N6O14Si/c1-8-27(5)41(69-70(9-2,10-3)11-4)46(62)52-34-23-30-20-21-36(68-26-66-7)32(22-30)31-18-15-19-33-39(31)55-48(64)49(33,65)42(58)40(54-44(60)35(24-37(50)57)51-43(34)59)45(61)53-38(28(6)56)47(63)67-25-29-16-13-12-14-17-29/h12-22,27-28,34-35,38,40-42,56,58,65H,8-11,23-26H2,1-7H3,(H2,50,57)(H,51,59)(H,52,62)(H,53,61)(H,54,60)(H,55,64)/t27-,28-,34-,35-,38-,40-,41-,42+,49-/m0/s1. The average molecular weight is 991 g/mol. The molecule has 10 N–H and O–H groups in total. The number of aliphatic hydroxyl groups excluding tert-OH is 2. The van der Waals surface area contributed by atoms with Gasteiger partial charge in [0.05, 0.1) is 18.2 Å². The first-order valence-corrected chi connectivity index (χ1v) is 26.0. The second-order valence-corrected chi connectivity index (χ2v) is 22.5. The second-order valence-electron chi connectivity index (χ2n) is 17.7. The first-order valence-electron chi connectivity index (χ1n) is 23.4. The minimum absolute atomic E-state index is 0.0319. The van der Waals surface area contributed by atoms with Gasteiger partial charge >= 0.3 is 5.97 Å². The van der Waals surface area contributed by atoms with Gasteiger partial charge in [0.1, 0.15) is 42.7 Å². The summed E-state index contributed by atoms with van der Waals surface area (Å²) in [5.41, 5.74) is 3.86. The third-order valence-corrected chi connectivity index (χ3v) is 17.8. The van der Waals surface area contributed by atoms with E-state index in [0.717, 1.165) is 18.1 Å². The molecule has 21 heteroatoms. The van der Waals surface area contributed by atoms with Crippen LogP contribution in [0.4, 0.5) is 5.69 Å². The molecule has 0 radical (unpaired) electrons. The van der Waals surface area contributed by atoms with E-state index in [1.54, 1.807) is 54.6 Å². The Balaban J connectivity index is 1.67. The lowest BCUT2D eigenvalue weighted by Gasteiger charge is -2.36. The van der Waals surface area contributed by atoms with E-state index in [1.807, 2.05) is 34.6 Å². The highest BCUT2D eigenvalue weighted by molar-refractivity contribution is 6.73. The van der Waals surface area contributed by atoms with Crippen LogP contribution in [-0.4, -0.2) is 121 Å². The zero-order chi connectivity index (χ0) is 51.5. The fraction of sp³-hybridized carbons (Fsp3) is 0.490. The van der Waals surface area contributed by atoms with Gasteiger partial charge in [0.15, 0.2) is 26.8 Å². The maximum absolute atomic E-state index is 14.7. The normalized spacial score (nSPS) is 22.0. The number of rotatable bonds is 20. The van der Waals surface area contributed by atoms with Gasteiger partial charge in [-0.2, -0.15) is 0 Å². The Morgan fingerprint density at radius 1 is 0.914 bits per heavy atom. The lowest BCUT2D eigenvalue weighted by atomic mass is 9.83. The molecule has 0 aromatic heterocycles. The molecule has 6 bridgehead atoms. The number of fused-ring (bicyclic) bond motifs is 3. The number of primary amides is 1. The molecular formula is C49H66N6O14Si. The third-order valence-electron chi connectivity index (χ3n) is 13.1. The minimum Gasteiger partial charge on any atom is -0.467 e. The summed E-state index contributed by atoms with van der Waals surface area (Å²) < 4.78 is 23.2. The number of hydrogen-bond acceptors (Lipinski definition) is 14. The topological polar surface area (TPSA) is 303 Å². The highest BCUT2D eigenvalue weighted by Crippen LogP contribution is 2.47. The van der Waals surface area contributed by atoms with Crippen molar-refractivity contribution in [1.29, 1.82) is 0 Å². The van der Waals surface area contributed by atoms with Gasteiger partial charge in [0.2, 0.25) is 29.5 Å². The van der Waals surface area contributed by atoms with Crippen LogP contribution in [-0.2, 0) is 66.1 Å². The van der Waals surface area contributed by atoms with Crippen LogP contribution in [0, 0.1) is 5.92 Å². The fourth-order valence-corrected chi connectivity index (χ4v) is 11.4. The Bertz CT molecular complexity index is 2380. The minimum atomic E-state index is -3.02. The summed E-state index contributed by atoms with van der Waals surface area (Å²) in [4.78, 5) is 98.2. The van der Waals surface area contributed by atoms with E-state index in [9.17, 15) is 48.9 Å². The van der Waals surface area contributed by atoms with Crippen LogP contribution in [0.15, 0.2) is 66.7 Å². The Morgan fingerprint density at radius 2 is 1.60 bits per heavy atom. The molecule has 380 valence electrons. The largest absolute Gasteiger partial charge is 0.467 e. The number of nitrogens with one attached hydrogen (secondary N) is 5. The smallest absolute Gasteiger partial charge is 0.331 e. The third kappa shape index (κ3) is 12.4. The summed E-state index contributed by atoms with van der Waals surface area (Å²) >= 11 is 0. The van der Waals surface area contributed by atoms with Gasteiger partial charge in [-0.3, -0.25) is 28.8 Å². The molecule has 0 saturated carbocycles. The number of esters is 1. The molecule has 9 atom stereocenters. The SMILES string of the molecule is CC[C@H](C)[C@H](O[Si](CC)(CC)CC)C(=O)N[C@H]1Cc2ccc(OCOC)c(c2)-c2cccc3c2NC(=O)[C@@]3(O)[C@H](O)[C@@H](C(=O)N[C@H](C(=O)OCc2ccccc2)[C@H](C)O)NC(=O)[C@H](CC(N)=O)NC1=O. The predicted molar refractivity (Wildman–Crippen MR) is 258 cm³/mol. The maximum Gasteiger partial charge on any atom is 0.331 e. The number of aliphatic hydroxyl groups is 3. The van der Waals surface area contributed by atoms with Crippen molar-refractivity contribution in [3.8, 4) is 16.9 Å². The number of nitrogens with two attached hydrogens (primary N) is 1. The van der Waals surface area contributed by atoms with Crippen LogP contribution >= 0.6 is 0 Å². The van der Waals surface area contributed by atoms with Crippen LogP contribution in [0.25, 0.3) is 11.1 Å². The number of ether oxygens (including phenoxy) is 3. The van der Waals surface area contributed by atoms with Crippen molar-refractivity contribution in [2.75, 3.05) is 19.2 Å². The van der Waals surface area contributed by atoms with Crippen LogP contribution in [0.2, 0.25) is 18.1 Å². The summed E-state index contributed by atoms with van der Waals surface area (Å²) in [7, 11) is -1.01. The lowest BCUT2D eigenvalue weighted by molar-refractivity contribution is -0.159. The fourth-order valence-electron chi connectivity index (χ4n) is 8.53. The first kappa shape index (κ1) is 54.7. The highest BCUT2D eigenvalue weighted by atomic mass is 28.4. The number of methoxy groups -OCH3 is 1. The van der Waals surface area contributed by atoms with E-state index in [0.29, 0.717) is 23.1 Å². The molecule has 0 saturated heterocycles.